The molecule has 1 heterocycles. The summed E-state index contributed by atoms with van der Waals surface area (Å²) in [7, 11) is 0. The van der Waals surface area contributed by atoms with Crippen LogP contribution in [0, 0.1) is 0 Å². The molecule has 1 fully saturated rings. The molecule has 0 aliphatic carbocycles. The summed E-state index contributed by atoms with van der Waals surface area (Å²) in [4.78, 5) is 0. The Morgan fingerprint density at radius 1 is 1.07 bits per heavy atom. The van der Waals surface area contributed by atoms with Crippen molar-refractivity contribution in [3.63, 3.8) is 0 Å². The topological polar surface area (TPSA) is 44.5 Å². The van der Waals surface area contributed by atoms with Crippen molar-refractivity contribution in [2.24, 2.45) is 5.73 Å². The Morgan fingerprint density at radius 2 is 1.50 bits per heavy atom. The van der Waals surface area contributed by atoms with Crippen LogP contribution in [0.3, 0.4) is 0 Å². The number of hydrogen-bond acceptors (Lipinski definition) is 3. The predicted octanol–water partition coefficient (Wildman–Crippen LogP) is 1.27. The van der Waals surface area contributed by atoms with Gasteiger partial charge in [-0.2, -0.15) is 0 Å². The van der Waals surface area contributed by atoms with Gasteiger partial charge in [-0.05, 0) is 41.5 Å². The summed E-state index contributed by atoms with van der Waals surface area (Å²) in [6.07, 6.45) is 0.00975. The molecule has 1 saturated heterocycles. The minimum Gasteiger partial charge on any atom is -0.363 e. The maximum absolute atomic E-state index is 6.02. The zero-order chi connectivity index (χ0) is 10.5. The Labute approximate surface area is 98.9 Å². The van der Waals surface area contributed by atoms with Crippen molar-refractivity contribution >= 4 is 18.9 Å². The van der Waals surface area contributed by atoms with Gasteiger partial charge in [0.05, 0.1) is 11.7 Å². The first kappa shape index (κ1) is 14.5. The summed E-state index contributed by atoms with van der Waals surface area (Å²) in [5.74, 6) is 0. The molecule has 0 aromatic carbocycles. The van der Waals surface area contributed by atoms with E-state index in [2.05, 4.69) is 0 Å². The zero-order valence-electron chi connectivity index (χ0n) is 10.5. The molecule has 4 heteroatoms. The molecular formula is C10H21LiNO2. The Balaban J connectivity index is 0.00000169. The molecule has 14 heavy (non-hydrogen) atoms. The number of ether oxygens (including phenoxy) is 2. The molecule has 1 aliphatic rings. The van der Waals surface area contributed by atoms with Gasteiger partial charge in [0.25, 0.3) is 0 Å². The third kappa shape index (κ3) is 2.34. The Kier molecular flexibility index (Phi) is 3.94. The average molecular weight is 194 g/mol. The quantitative estimate of drug-likeness (QED) is 0.591. The molecule has 0 bridgehead atoms. The SMILES string of the molecule is CC1OC(C)(N)C(C)(C)OC1(C)C.[Li]. The van der Waals surface area contributed by atoms with E-state index in [1.54, 1.807) is 0 Å². The molecule has 1 rings (SSSR count). The minimum absolute atomic E-state index is 0. The average Bonchev–Trinajstić information content (AvgIpc) is 1.80. The number of rotatable bonds is 0. The van der Waals surface area contributed by atoms with E-state index in [0.29, 0.717) is 0 Å². The van der Waals surface area contributed by atoms with Gasteiger partial charge in [-0.25, -0.2) is 0 Å². The maximum Gasteiger partial charge on any atom is 0.143 e. The van der Waals surface area contributed by atoms with Crippen LogP contribution in [0.25, 0.3) is 0 Å². The second-order valence-corrected chi connectivity index (χ2v) is 5.08. The van der Waals surface area contributed by atoms with E-state index < -0.39 is 11.3 Å². The first-order valence-electron chi connectivity index (χ1n) is 4.75. The first-order chi connectivity index (χ1) is 5.58. The summed E-state index contributed by atoms with van der Waals surface area (Å²) >= 11 is 0. The first-order valence-corrected chi connectivity index (χ1v) is 4.75. The van der Waals surface area contributed by atoms with E-state index in [1.165, 1.54) is 0 Å². The van der Waals surface area contributed by atoms with Gasteiger partial charge in [-0.15, -0.1) is 0 Å². The standard InChI is InChI=1S/C10H21NO2.Li/c1-7-8(2,3)13-9(4,5)10(6,11)12-7;/h7H,11H2,1-6H3;. The van der Waals surface area contributed by atoms with Crippen molar-refractivity contribution in [2.75, 3.05) is 0 Å². The molecule has 0 spiro atoms. The van der Waals surface area contributed by atoms with Crippen molar-refractivity contribution < 1.29 is 9.47 Å². The second-order valence-electron chi connectivity index (χ2n) is 5.08. The summed E-state index contributed by atoms with van der Waals surface area (Å²) in [5.41, 5.74) is 4.57. The van der Waals surface area contributed by atoms with Gasteiger partial charge >= 0.3 is 0 Å². The van der Waals surface area contributed by atoms with E-state index in [0.717, 1.165) is 0 Å². The fourth-order valence-corrected chi connectivity index (χ4v) is 1.49. The molecule has 2 N–H and O–H groups in total. The van der Waals surface area contributed by atoms with Crippen LogP contribution in [0.1, 0.15) is 41.5 Å². The third-order valence-corrected chi connectivity index (χ3v) is 3.11. The molecule has 1 aliphatic heterocycles. The van der Waals surface area contributed by atoms with Crippen LogP contribution in [0.2, 0.25) is 0 Å². The molecule has 3 nitrogen and oxygen atoms in total. The van der Waals surface area contributed by atoms with E-state index in [4.69, 9.17) is 15.2 Å². The van der Waals surface area contributed by atoms with Crippen molar-refractivity contribution in [3.8, 4) is 0 Å². The van der Waals surface area contributed by atoms with Gasteiger partial charge in [0, 0.05) is 18.9 Å². The molecule has 2 atom stereocenters. The van der Waals surface area contributed by atoms with Crippen LogP contribution in [-0.4, -0.2) is 41.9 Å². The van der Waals surface area contributed by atoms with Crippen molar-refractivity contribution in [2.45, 2.75) is 64.6 Å². The smallest absolute Gasteiger partial charge is 0.143 e. The minimum atomic E-state index is -0.720. The Hall–Kier alpha value is 0.477. The summed E-state index contributed by atoms with van der Waals surface area (Å²) < 4.78 is 11.7. The number of nitrogens with two attached hydrogens (primary N) is 1. The summed E-state index contributed by atoms with van der Waals surface area (Å²) in [6, 6.07) is 0. The third-order valence-electron chi connectivity index (χ3n) is 3.11. The second kappa shape index (κ2) is 3.81. The van der Waals surface area contributed by atoms with Gasteiger partial charge in [-0.1, -0.05) is 0 Å². The normalized spacial score (nSPS) is 40.1. The van der Waals surface area contributed by atoms with Gasteiger partial charge in [-0.3, -0.25) is 0 Å². The van der Waals surface area contributed by atoms with E-state index in [9.17, 15) is 0 Å². The molecule has 0 saturated carbocycles. The van der Waals surface area contributed by atoms with Gasteiger partial charge in [0.15, 0.2) is 0 Å². The van der Waals surface area contributed by atoms with E-state index in [-0.39, 0.29) is 30.6 Å². The summed E-state index contributed by atoms with van der Waals surface area (Å²) in [5, 5.41) is 0. The van der Waals surface area contributed by atoms with Crippen LogP contribution < -0.4 is 5.73 Å². The predicted molar refractivity (Wildman–Crippen MR) is 58.1 cm³/mol. The van der Waals surface area contributed by atoms with Crippen LogP contribution in [0.4, 0.5) is 0 Å². The summed E-state index contributed by atoms with van der Waals surface area (Å²) in [6.45, 7) is 11.8. The fraction of sp³-hybridized carbons (Fsp3) is 1.00. The van der Waals surface area contributed by atoms with Gasteiger partial charge in [0.1, 0.15) is 11.3 Å². The molecule has 0 aromatic rings. The van der Waals surface area contributed by atoms with E-state index in [1.807, 2.05) is 41.5 Å². The van der Waals surface area contributed by atoms with Crippen molar-refractivity contribution in [1.29, 1.82) is 0 Å². The largest absolute Gasteiger partial charge is 0.363 e. The van der Waals surface area contributed by atoms with Crippen LogP contribution in [-0.2, 0) is 9.47 Å². The molecule has 1 radical (unpaired) electrons. The van der Waals surface area contributed by atoms with Gasteiger partial charge < -0.3 is 15.2 Å². The van der Waals surface area contributed by atoms with Crippen molar-refractivity contribution in [1.82, 2.24) is 0 Å². The van der Waals surface area contributed by atoms with Crippen molar-refractivity contribution in [3.05, 3.63) is 0 Å². The van der Waals surface area contributed by atoms with Crippen LogP contribution >= 0.6 is 0 Å². The Morgan fingerprint density at radius 3 is 1.86 bits per heavy atom. The number of hydrogen-bond donors (Lipinski definition) is 1. The van der Waals surface area contributed by atoms with Crippen LogP contribution in [0.5, 0.6) is 0 Å². The molecule has 0 amide bonds. The molecule has 79 valence electrons. The van der Waals surface area contributed by atoms with E-state index >= 15 is 0 Å². The molecular weight excluding hydrogens is 173 g/mol. The van der Waals surface area contributed by atoms with Crippen LogP contribution in [0.15, 0.2) is 0 Å². The van der Waals surface area contributed by atoms with Gasteiger partial charge in [0.2, 0.25) is 0 Å². The monoisotopic (exact) mass is 194 g/mol. The molecule has 2 unspecified atom stereocenters. The zero-order valence-corrected chi connectivity index (χ0v) is 10.5. The Bertz CT molecular complexity index is 214. The fourth-order valence-electron chi connectivity index (χ4n) is 1.49. The maximum atomic E-state index is 6.02. The molecule has 0 aromatic heterocycles.